The molecule has 1 aromatic heterocycles. The van der Waals surface area contributed by atoms with Crippen LogP contribution in [0.5, 0.6) is 5.75 Å². The van der Waals surface area contributed by atoms with Crippen molar-refractivity contribution in [3.63, 3.8) is 0 Å². The number of rotatable bonds is 5. The van der Waals surface area contributed by atoms with Crippen LogP contribution < -0.4 is 10.3 Å². The number of aliphatic carboxylic acids is 1. The average Bonchev–Trinajstić information content (AvgIpc) is 2.55. The van der Waals surface area contributed by atoms with E-state index >= 15 is 0 Å². The average molecular weight is 383 g/mol. The van der Waals surface area contributed by atoms with Crippen LogP contribution in [0.25, 0.3) is 17.0 Å². The second-order valence-electron chi connectivity index (χ2n) is 5.71. The van der Waals surface area contributed by atoms with Gasteiger partial charge >= 0.3 is 5.97 Å². The van der Waals surface area contributed by atoms with Gasteiger partial charge in [0.25, 0.3) is 15.7 Å². The summed E-state index contributed by atoms with van der Waals surface area (Å²) in [5.74, 6) is -2.12. The van der Waals surface area contributed by atoms with Gasteiger partial charge in [0, 0.05) is 17.5 Å². The number of carbonyl (C=O) groups is 1. The fourth-order valence-electron chi connectivity index (χ4n) is 2.79. The first-order valence-corrected chi connectivity index (χ1v) is 9.25. The van der Waals surface area contributed by atoms with E-state index in [4.69, 9.17) is 14.0 Å². The molecule has 2 heterocycles. The molecule has 1 atom stereocenters. The summed E-state index contributed by atoms with van der Waals surface area (Å²) in [6.45, 7) is -0.503. The Balaban J connectivity index is 2.22. The molecule has 0 saturated heterocycles. The van der Waals surface area contributed by atoms with Gasteiger partial charge in [0.05, 0.1) is 24.4 Å². The van der Waals surface area contributed by atoms with Gasteiger partial charge in [0.2, 0.25) is 0 Å². The molecular weight excluding hydrogens is 369 g/mol. The van der Waals surface area contributed by atoms with Crippen LogP contribution in [-0.2, 0) is 19.1 Å². The van der Waals surface area contributed by atoms with Crippen LogP contribution in [0.3, 0.4) is 0 Å². The molecule has 0 spiro atoms. The van der Waals surface area contributed by atoms with Gasteiger partial charge in [-0.15, -0.1) is 0 Å². The third-order valence-electron chi connectivity index (χ3n) is 3.82. The number of hydrogen-bond acceptors (Lipinski definition) is 6. The highest BCUT2D eigenvalue weighted by Gasteiger charge is 2.28. The number of hydrogen-bond donors (Lipinski definition) is 1. The lowest BCUT2D eigenvalue weighted by Gasteiger charge is -2.28. The maximum absolute atomic E-state index is 14.4. The van der Waals surface area contributed by atoms with E-state index < -0.39 is 33.5 Å². The zero-order chi connectivity index (χ0) is 19.1. The quantitative estimate of drug-likeness (QED) is 0.609. The first-order chi connectivity index (χ1) is 12.2. The Hall–Kier alpha value is -2.72. The smallest absolute Gasteiger partial charge is 0.328 e. The molecule has 0 radical (unpaired) electrons. The summed E-state index contributed by atoms with van der Waals surface area (Å²) in [4.78, 5) is 23.1. The summed E-state index contributed by atoms with van der Waals surface area (Å²) in [5, 5.41) is 9.17. The zero-order valence-electron chi connectivity index (χ0n) is 13.5. The van der Waals surface area contributed by atoms with Crippen molar-refractivity contribution >= 4 is 33.1 Å². The second-order valence-corrected chi connectivity index (χ2v) is 7.35. The maximum atomic E-state index is 14.4. The first kappa shape index (κ1) is 18.1. The molecule has 3 rings (SSSR count). The maximum Gasteiger partial charge on any atom is 0.328 e. The van der Waals surface area contributed by atoms with Crippen molar-refractivity contribution in [1.82, 2.24) is 4.57 Å². The van der Waals surface area contributed by atoms with Crippen molar-refractivity contribution in [3.8, 4) is 5.75 Å². The molecule has 138 valence electrons. The zero-order valence-corrected chi connectivity index (χ0v) is 14.3. The molecule has 1 aromatic carbocycles. The molecule has 8 nitrogen and oxygen atoms in total. The number of benzene rings is 1. The summed E-state index contributed by atoms with van der Waals surface area (Å²) < 4.78 is 48.2. The minimum absolute atomic E-state index is 0.121. The lowest BCUT2D eigenvalue weighted by Crippen LogP contribution is -2.35. The highest BCUT2D eigenvalue weighted by atomic mass is 32.2. The molecule has 26 heavy (non-hydrogen) atoms. The molecule has 0 bridgehead atoms. The van der Waals surface area contributed by atoms with E-state index in [1.807, 2.05) is 0 Å². The standard InChI is InChI=1S/C16H14FNO7S/c1-26(22,23)25-8-10-7-24-16-12(17)6-9(2-5-14(20)21)11-3-4-13(19)18(10)15(11)16/h2-6,10H,7-8H2,1H3,(H,20,21)/b5-2+/t10-/m0/s1. The van der Waals surface area contributed by atoms with Crippen molar-refractivity contribution in [2.24, 2.45) is 0 Å². The van der Waals surface area contributed by atoms with E-state index in [0.29, 0.717) is 5.39 Å². The number of nitrogens with zero attached hydrogens (tertiary/aromatic N) is 1. The highest BCUT2D eigenvalue weighted by Crippen LogP contribution is 2.36. The molecule has 10 heteroatoms. The Morgan fingerprint density at radius 3 is 2.88 bits per heavy atom. The Labute approximate surface area is 147 Å². The Morgan fingerprint density at radius 1 is 1.50 bits per heavy atom. The summed E-state index contributed by atoms with van der Waals surface area (Å²) in [5.41, 5.74) is -0.121. The normalized spacial score (nSPS) is 16.8. The number of carboxylic acid groups (broad SMARTS) is 1. The monoisotopic (exact) mass is 383 g/mol. The SMILES string of the molecule is CS(=O)(=O)OC[C@@H]1COc2c(F)cc(/C=C/C(=O)O)c3ccc(=O)n1c23. The highest BCUT2D eigenvalue weighted by molar-refractivity contribution is 7.85. The van der Waals surface area contributed by atoms with Crippen LogP contribution in [-0.4, -0.2) is 43.5 Å². The molecule has 1 aliphatic heterocycles. The van der Waals surface area contributed by atoms with Gasteiger partial charge in [0.1, 0.15) is 6.61 Å². The third kappa shape index (κ3) is 3.46. The number of ether oxygens (including phenoxy) is 1. The number of halogens is 1. The van der Waals surface area contributed by atoms with Crippen LogP contribution in [0.4, 0.5) is 4.39 Å². The summed E-state index contributed by atoms with van der Waals surface area (Å²) >= 11 is 0. The van der Waals surface area contributed by atoms with E-state index in [2.05, 4.69) is 0 Å². The fourth-order valence-corrected chi connectivity index (χ4v) is 3.19. The topological polar surface area (TPSA) is 112 Å². The van der Waals surface area contributed by atoms with Gasteiger partial charge in [-0.05, 0) is 23.8 Å². The second kappa shape index (κ2) is 6.54. The van der Waals surface area contributed by atoms with Crippen molar-refractivity contribution in [2.45, 2.75) is 6.04 Å². The minimum atomic E-state index is -3.74. The van der Waals surface area contributed by atoms with Gasteiger partial charge in [-0.2, -0.15) is 8.42 Å². The fraction of sp³-hybridized carbons (Fsp3) is 0.250. The van der Waals surface area contributed by atoms with Crippen molar-refractivity contribution in [3.05, 3.63) is 46.0 Å². The molecule has 0 saturated carbocycles. The molecule has 1 N–H and O–H groups in total. The molecule has 0 unspecified atom stereocenters. The molecule has 0 aliphatic carbocycles. The number of aromatic nitrogens is 1. The van der Waals surface area contributed by atoms with Crippen LogP contribution in [0.2, 0.25) is 0 Å². The molecule has 1 aliphatic rings. The summed E-state index contributed by atoms with van der Waals surface area (Å²) in [6, 6.07) is 2.99. The predicted molar refractivity (Wildman–Crippen MR) is 90.2 cm³/mol. The van der Waals surface area contributed by atoms with E-state index in [-0.39, 0.29) is 30.0 Å². The van der Waals surface area contributed by atoms with Gasteiger partial charge in [-0.1, -0.05) is 0 Å². The molecule has 0 amide bonds. The van der Waals surface area contributed by atoms with Crippen LogP contribution in [0, 0.1) is 5.82 Å². The Morgan fingerprint density at radius 2 is 2.23 bits per heavy atom. The van der Waals surface area contributed by atoms with E-state index in [1.54, 1.807) is 0 Å². The largest absolute Gasteiger partial charge is 0.486 e. The lowest BCUT2D eigenvalue weighted by molar-refractivity contribution is -0.131. The predicted octanol–water partition coefficient (Wildman–Crippen LogP) is 1.15. The van der Waals surface area contributed by atoms with Gasteiger partial charge < -0.3 is 9.84 Å². The van der Waals surface area contributed by atoms with Gasteiger partial charge in [0.15, 0.2) is 11.6 Å². The van der Waals surface area contributed by atoms with Crippen LogP contribution in [0.1, 0.15) is 11.6 Å². The lowest BCUT2D eigenvalue weighted by atomic mass is 10.0. The Kier molecular flexibility index (Phi) is 4.55. The van der Waals surface area contributed by atoms with Crippen molar-refractivity contribution < 1.29 is 31.6 Å². The first-order valence-electron chi connectivity index (χ1n) is 7.43. The van der Waals surface area contributed by atoms with Crippen molar-refractivity contribution in [2.75, 3.05) is 19.5 Å². The third-order valence-corrected chi connectivity index (χ3v) is 4.38. The Bertz CT molecular complexity index is 1090. The van der Waals surface area contributed by atoms with E-state index in [1.165, 1.54) is 22.8 Å². The molecule has 2 aromatic rings. The van der Waals surface area contributed by atoms with E-state index in [9.17, 15) is 22.4 Å². The minimum Gasteiger partial charge on any atom is -0.486 e. The van der Waals surface area contributed by atoms with Crippen LogP contribution in [0.15, 0.2) is 29.1 Å². The number of pyridine rings is 1. The summed E-state index contributed by atoms with van der Waals surface area (Å²) in [6.07, 6.45) is 2.93. The number of carboxylic acids is 1. The van der Waals surface area contributed by atoms with E-state index in [0.717, 1.165) is 18.4 Å². The van der Waals surface area contributed by atoms with Crippen molar-refractivity contribution in [1.29, 1.82) is 0 Å². The van der Waals surface area contributed by atoms with Gasteiger partial charge in [-0.25, -0.2) is 9.18 Å². The van der Waals surface area contributed by atoms with Gasteiger partial charge in [-0.3, -0.25) is 13.5 Å². The molecular formula is C16H14FNO7S. The summed E-state index contributed by atoms with van der Waals surface area (Å²) in [7, 11) is -3.74. The molecule has 0 fully saturated rings. The van der Waals surface area contributed by atoms with Crippen LogP contribution >= 0.6 is 0 Å².